The van der Waals surface area contributed by atoms with Gasteiger partial charge in [0.05, 0.1) is 11.3 Å². The second-order valence-electron chi connectivity index (χ2n) is 6.85. The molecule has 0 amide bonds. The van der Waals surface area contributed by atoms with Gasteiger partial charge >= 0.3 is 0 Å². The van der Waals surface area contributed by atoms with Crippen LogP contribution >= 0.6 is 0 Å². The first-order valence-corrected chi connectivity index (χ1v) is 7.68. The van der Waals surface area contributed by atoms with E-state index in [4.69, 9.17) is 15.1 Å². The van der Waals surface area contributed by atoms with Crippen molar-refractivity contribution in [3.8, 4) is 5.75 Å². The molecule has 125 valence electrons. The van der Waals surface area contributed by atoms with E-state index in [1.807, 2.05) is 24.3 Å². The van der Waals surface area contributed by atoms with E-state index in [1.165, 1.54) is 0 Å². The summed E-state index contributed by atoms with van der Waals surface area (Å²) in [7, 11) is 0. The molecule has 2 N–H and O–H groups in total. The predicted octanol–water partition coefficient (Wildman–Crippen LogP) is 3.33. The van der Waals surface area contributed by atoms with Gasteiger partial charge in [-0.2, -0.15) is 0 Å². The fourth-order valence-electron chi connectivity index (χ4n) is 2.63. The average molecular weight is 394 g/mol. The zero-order valence-corrected chi connectivity index (χ0v) is 17.0. The molecule has 1 fully saturated rings. The Bertz CT molecular complexity index is 529. The first kappa shape index (κ1) is 20.6. The summed E-state index contributed by atoms with van der Waals surface area (Å²) >= 11 is 0. The minimum absolute atomic E-state index is 0. The van der Waals surface area contributed by atoms with E-state index in [0.717, 1.165) is 43.0 Å². The molecule has 0 bridgehead atoms. The molecule has 2 aliphatic heterocycles. The number of piperidine rings is 1. The largest absolute Gasteiger partial charge is 0.662 e. The normalized spacial score (nSPS) is 20.6. The Hall–Kier alpha value is -0.486. The fourth-order valence-corrected chi connectivity index (χ4v) is 2.63. The monoisotopic (exact) mass is 394 g/mol. The van der Waals surface area contributed by atoms with E-state index < -0.39 is 5.60 Å². The van der Waals surface area contributed by atoms with Gasteiger partial charge in [-0.1, -0.05) is 17.3 Å². The number of oxime groups is 1. The van der Waals surface area contributed by atoms with Crippen molar-refractivity contribution in [2.24, 2.45) is 5.16 Å². The van der Waals surface area contributed by atoms with Crippen LogP contribution < -0.4 is 4.74 Å². The fraction of sp³-hybridized carbons (Fsp3) is 0.588. The number of aliphatic hydroxyl groups is 1. The van der Waals surface area contributed by atoms with Crippen LogP contribution in [0.3, 0.4) is 0 Å². The molecule has 6 heteroatoms. The molecule has 0 aliphatic carbocycles. The van der Waals surface area contributed by atoms with E-state index in [9.17, 15) is 0 Å². The van der Waals surface area contributed by atoms with Crippen LogP contribution in [0.1, 0.15) is 45.6 Å². The van der Waals surface area contributed by atoms with Crippen LogP contribution in [0.4, 0.5) is 0 Å². The topological polar surface area (TPSA) is 76.2 Å². The molecule has 0 aromatic heterocycles. The van der Waals surface area contributed by atoms with Crippen LogP contribution in [0.5, 0.6) is 5.75 Å². The molecule has 1 aromatic carbocycles. The number of fused-ring (bicyclic) bond motifs is 1. The summed E-state index contributed by atoms with van der Waals surface area (Å²) in [5.74, 6) is 0.827. The van der Waals surface area contributed by atoms with Gasteiger partial charge in [0.1, 0.15) is 11.4 Å². The first-order valence-electron chi connectivity index (χ1n) is 7.68. The molecule has 2 aliphatic rings. The van der Waals surface area contributed by atoms with Crippen molar-refractivity contribution in [2.75, 3.05) is 13.1 Å². The second kappa shape index (κ2) is 8.56. The molecule has 23 heavy (non-hydrogen) atoms. The summed E-state index contributed by atoms with van der Waals surface area (Å²) in [5.41, 5.74) is 0.925. The van der Waals surface area contributed by atoms with Gasteiger partial charge in [-0.15, -0.1) is 13.1 Å². The Morgan fingerprint density at radius 2 is 1.74 bits per heavy atom. The van der Waals surface area contributed by atoms with Gasteiger partial charge in [-0.05, 0) is 45.7 Å². The minimum atomic E-state index is -0.500. The number of rotatable bonds is 0. The zero-order valence-electron chi connectivity index (χ0n) is 14.1. The molecule has 0 atom stereocenters. The molecular weight excluding hydrogens is 369 g/mol. The van der Waals surface area contributed by atoms with Gasteiger partial charge < -0.3 is 20.4 Å². The van der Waals surface area contributed by atoms with Gasteiger partial charge in [-0.3, -0.25) is 0 Å². The molecule has 1 spiro atoms. The number of para-hydroxylation sites is 1. The maximum atomic E-state index is 9.16. The number of nitrogens with zero attached hydrogens (tertiary/aromatic N) is 2. The molecule has 5 nitrogen and oxygen atoms in total. The van der Waals surface area contributed by atoms with Crippen LogP contribution in [-0.2, 0) is 32.7 Å². The minimum Gasteiger partial charge on any atom is -0.662 e. The molecular formula is C17H25N2O3Y-. The van der Waals surface area contributed by atoms with E-state index in [2.05, 4.69) is 10.5 Å². The van der Waals surface area contributed by atoms with Crippen molar-refractivity contribution in [1.29, 1.82) is 0 Å². The molecule has 1 saturated heterocycles. The van der Waals surface area contributed by atoms with Crippen LogP contribution in [0.15, 0.2) is 29.4 Å². The molecule has 1 radical (unpaired) electrons. The maximum absolute atomic E-state index is 9.16. The zero-order chi connectivity index (χ0) is 16.2. The number of hydrogen-bond donors (Lipinski definition) is 2. The van der Waals surface area contributed by atoms with E-state index in [1.54, 1.807) is 20.8 Å². The van der Waals surface area contributed by atoms with E-state index in [-0.39, 0.29) is 38.3 Å². The average Bonchev–Trinajstić information content (AvgIpc) is 2.45. The van der Waals surface area contributed by atoms with Crippen molar-refractivity contribution >= 4 is 5.71 Å². The summed E-state index contributed by atoms with van der Waals surface area (Å²) < 4.78 is 6.14. The third-order valence-corrected chi connectivity index (χ3v) is 3.59. The predicted molar refractivity (Wildman–Crippen MR) is 87.0 cm³/mol. The smallest absolute Gasteiger partial charge is 0.129 e. The summed E-state index contributed by atoms with van der Waals surface area (Å²) in [6, 6.07) is 7.75. The molecule has 0 unspecified atom stereocenters. The molecule has 2 heterocycles. The molecule has 1 aromatic rings. The van der Waals surface area contributed by atoms with E-state index >= 15 is 0 Å². The summed E-state index contributed by atoms with van der Waals surface area (Å²) in [6.45, 7) is 6.90. The van der Waals surface area contributed by atoms with Crippen molar-refractivity contribution in [3.05, 3.63) is 35.1 Å². The SMILES string of the molecule is CC(C)(C)O.O/N=C1\CC2(CC[N-]CC2)Oc2ccccc21.[Y]. The van der Waals surface area contributed by atoms with Gasteiger partial charge in [0, 0.05) is 44.7 Å². The van der Waals surface area contributed by atoms with Crippen LogP contribution in [0, 0.1) is 0 Å². The second-order valence-corrected chi connectivity index (χ2v) is 6.85. The Balaban J connectivity index is 0.000000390. The standard InChI is InChI=1S/C13H15N2O2.C4H10O.Y/c16-15-11-9-13(5-7-14-8-6-13)17-12-4-2-1-3-10(11)12;1-4(2,3)5;/h1-4,16H,5-9H2;5H,1-3H3;/q-1;;/b15-11+;;. The van der Waals surface area contributed by atoms with E-state index in [0.29, 0.717) is 6.42 Å². The summed E-state index contributed by atoms with van der Waals surface area (Å²) in [6.07, 6.45) is 2.48. The Labute approximate surface area is 163 Å². The van der Waals surface area contributed by atoms with Gasteiger partial charge in [0.2, 0.25) is 0 Å². The van der Waals surface area contributed by atoms with Crippen molar-refractivity contribution in [2.45, 2.75) is 51.2 Å². The maximum Gasteiger partial charge on any atom is 0.129 e. The van der Waals surface area contributed by atoms with Crippen molar-refractivity contribution in [1.82, 2.24) is 0 Å². The third kappa shape index (κ3) is 6.14. The van der Waals surface area contributed by atoms with Crippen LogP contribution in [-0.4, -0.2) is 40.3 Å². The van der Waals surface area contributed by atoms with Crippen molar-refractivity contribution in [3.63, 3.8) is 0 Å². The van der Waals surface area contributed by atoms with Crippen molar-refractivity contribution < 1.29 is 47.8 Å². The number of hydrogen-bond acceptors (Lipinski definition) is 4. The van der Waals surface area contributed by atoms with Gasteiger partial charge in [-0.25, -0.2) is 0 Å². The van der Waals surface area contributed by atoms with Gasteiger partial charge in [0.15, 0.2) is 0 Å². The van der Waals surface area contributed by atoms with Gasteiger partial charge in [0.25, 0.3) is 0 Å². The summed E-state index contributed by atoms with van der Waals surface area (Å²) in [4.78, 5) is 0. The quantitative estimate of drug-likeness (QED) is 0.524. The number of benzene rings is 1. The van der Waals surface area contributed by atoms with Crippen LogP contribution in [0.2, 0.25) is 0 Å². The Morgan fingerprint density at radius 1 is 1.17 bits per heavy atom. The Morgan fingerprint density at radius 3 is 2.30 bits per heavy atom. The third-order valence-electron chi connectivity index (χ3n) is 3.59. The van der Waals surface area contributed by atoms with Crippen LogP contribution in [0.25, 0.3) is 5.32 Å². The molecule has 3 rings (SSSR count). The Kier molecular flexibility index (Phi) is 7.65. The number of ether oxygens (including phenoxy) is 1. The molecule has 0 saturated carbocycles. The first-order chi connectivity index (χ1) is 10.3. The summed E-state index contributed by atoms with van der Waals surface area (Å²) in [5, 5.41) is 25.5.